The van der Waals surface area contributed by atoms with Crippen LogP contribution in [0.25, 0.3) is 27.8 Å². The third-order valence-corrected chi connectivity index (χ3v) is 9.00. The molecule has 1 fully saturated rings. The van der Waals surface area contributed by atoms with Crippen LogP contribution < -0.4 is 15.6 Å². The number of para-hydroxylation sites is 1. The number of nitrogens with two attached hydrogens (primary N) is 1. The molecule has 232 valence electrons. The van der Waals surface area contributed by atoms with Gasteiger partial charge in [0.1, 0.15) is 17.1 Å². The summed E-state index contributed by atoms with van der Waals surface area (Å²) >= 11 is 0. The Balaban J connectivity index is 1.50. The molecule has 1 aliphatic rings. The maximum Gasteiger partial charge on any atom is 0.309 e. The first kappa shape index (κ1) is 31.3. The number of aromatic nitrogens is 2. The van der Waals surface area contributed by atoms with Crippen molar-refractivity contribution >= 4 is 45.3 Å². The normalized spacial score (nSPS) is 18.0. The number of fused-ring (bicyclic) bond motifs is 2. The number of nitrogens with zero attached hydrogens (tertiary/aromatic N) is 2. The molecule has 4 unspecified atom stereocenters. The second kappa shape index (κ2) is 12.1. The first-order valence-corrected chi connectivity index (χ1v) is 15.2. The smallest absolute Gasteiger partial charge is 0.309 e. The third-order valence-electron chi connectivity index (χ3n) is 9.00. The number of anilines is 2. The Morgan fingerprint density at radius 2 is 1.73 bits per heavy atom. The Hall–Kier alpha value is -4.08. The number of aryl methyl sites for hydroxylation is 2. The lowest BCUT2D eigenvalue weighted by Crippen LogP contribution is -2.42. The van der Waals surface area contributed by atoms with Crippen molar-refractivity contribution in [1.29, 1.82) is 0 Å². The number of nitrogen functional groups attached to an aromatic ring is 1. The molecule has 1 amide bonds. The molecule has 0 radical (unpaired) electrons. The van der Waals surface area contributed by atoms with E-state index in [1.165, 1.54) is 0 Å². The van der Waals surface area contributed by atoms with Crippen molar-refractivity contribution < 1.29 is 28.7 Å². The lowest BCUT2D eigenvalue weighted by Gasteiger charge is -2.37. The number of ether oxygens (including phenoxy) is 2. The molecule has 5 rings (SSSR count). The van der Waals surface area contributed by atoms with E-state index in [1.807, 2.05) is 89.2 Å². The monoisotopic (exact) mass is 599 g/mol. The van der Waals surface area contributed by atoms with Gasteiger partial charge >= 0.3 is 5.97 Å². The van der Waals surface area contributed by atoms with Crippen LogP contribution in [0.5, 0.6) is 0 Å². The molecule has 0 spiro atoms. The summed E-state index contributed by atoms with van der Waals surface area (Å²) in [5, 5.41) is 13.5. The predicted octanol–water partition coefficient (Wildman–Crippen LogP) is 5.89. The molecule has 0 aliphatic carbocycles. The quantitative estimate of drug-likeness (QED) is 0.0801. The van der Waals surface area contributed by atoms with Crippen LogP contribution in [0.3, 0.4) is 0 Å². The van der Waals surface area contributed by atoms with E-state index in [0.29, 0.717) is 31.0 Å². The molecule has 4 N–H and O–H groups in total. The van der Waals surface area contributed by atoms with Crippen molar-refractivity contribution in [2.45, 2.75) is 73.0 Å². The number of hydrogen-bond donors (Lipinski definition) is 3. The fraction of sp³-hybridized carbons (Fsp3) is 0.429. The van der Waals surface area contributed by atoms with Gasteiger partial charge in [-0.3, -0.25) is 9.59 Å². The summed E-state index contributed by atoms with van der Waals surface area (Å²) in [4.78, 5) is 31.6. The van der Waals surface area contributed by atoms with Crippen LogP contribution in [0.1, 0.15) is 58.1 Å². The number of aliphatic carboxylic acids is 1. The zero-order valence-electron chi connectivity index (χ0n) is 26.4. The van der Waals surface area contributed by atoms with Crippen molar-refractivity contribution in [1.82, 2.24) is 4.98 Å². The molecule has 9 heteroatoms. The minimum atomic E-state index is -1.17. The predicted molar refractivity (Wildman–Crippen MR) is 172 cm³/mol. The largest absolute Gasteiger partial charge is 0.481 e. The molecule has 0 saturated carbocycles. The van der Waals surface area contributed by atoms with Gasteiger partial charge in [0.2, 0.25) is 22.6 Å². The molecule has 3 aromatic carbocycles. The number of carbonyl (C=O) groups excluding carboxylic acids is 1. The van der Waals surface area contributed by atoms with Gasteiger partial charge in [-0.2, -0.15) is 0 Å². The summed E-state index contributed by atoms with van der Waals surface area (Å²) in [5.41, 5.74) is 11.6. The Morgan fingerprint density at radius 1 is 1.09 bits per heavy atom. The highest BCUT2D eigenvalue weighted by atomic mass is 16.6. The van der Waals surface area contributed by atoms with Crippen molar-refractivity contribution in [2.24, 2.45) is 10.8 Å². The summed E-state index contributed by atoms with van der Waals surface area (Å²) < 4.78 is 13.2. The number of amides is 1. The number of hydrogen-bond acceptors (Lipinski definition) is 6. The van der Waals surface area contributed by atoms with E-state index >= 15 is 0 Å². The van der Waals surface area contributed by atoms with Crippen LogP contribution >= 0.6 is 0 Å². The van der Waals surface area contributed by atoms with Crippen LogP contribution in [0.4, 0.5) is 11.4 Å². The topological polar surface area (TPSA) is 131 Å². The summed E-state index contributed by atoms with van der Waals surface area (Å²) in [5.74, 6) is -1.17. The lowest BCUT2D eigenvalue weighted by atomic mass is 9.68. The van der Waals surface area contributed by atoms with E-state index in [2.05, 4.69) is 9.88 Å². The van der Waals surface area contributed by atoms with Gasteiger partial charge in [0.05, 0.1) is 30.4 Å². The van der Waals surface area contributed by atoms with E-state index in [0.717, 1.165) is 38.9 Å². The van der Waals surface area contributed by atoms with E-state index in [1.54, 1.807) is 6.92 Å². The highest BCUT2D eigenvalue weighted by Crippen LogP contribution is 2.42. The summed E-state index contributed by atoms with van der Waals surface area (Å²) in [7, 11) is 0. The molecule has 2 heterocycles. The Morgan fingerprint density at radius 3 is 2.34 bits per heavy atom. The molecule has 1 aliphatic heterocycles. The van der Waals surface area contributed by atoms with Crippen LogP contribution in [-0.4, -0.2) is 47.4 Å². The average molecular weight is 600 g/mol. The van der Waals surface area contributed by atoms with Crippen LogP contribution in [0, 0.1) is 24.7 Å². The van der Waals surface area contributed by atoms with Crippen molar-refractivity contribution in [2.75, 3.05) is 24.3 Å². The number of carbonyl (C=O) groups is 2. The average Bonchev–Trinajstić information content (AvgIpc) is 3.81. The van der Waals surface area contributed by atoms with Gasteiger partial charge in [-0.15, -0.1) is 4.57 Å². The molecule has 4 aromatic rings. The Labute approximate surface area is 258 Å². The van der Waals surface area contributed by atoms with E-state index in [-0.39, 0.29) is 31.0 Å². The second-order valence-electron chi connectivity index (χ2n) is 12.9. The highest BCUT2D eigenvalue weighted by molar-refractivity contribution is 5.98. The number of rotatable bonds is 12. The van der Waals surface area contributed by atoms with Gasteiger partial charge in [0.25, 0.3) is 0 Å². The number of nitrogens with one attached hydrogen (secondary N) is 1. The van der Waals surface area contributed by atoms with Crippen LogP contribution in [-0.2, 0) is 19.1 Å². The fourth-order valence-electron chi connectivity index (χ4n) is 6.03. The third kappa shape index (κ3) is 6.39. The number of carboxylic acids is 1. The van der Waals surface area contributed by atoms with Crippen molar-refractivity contribution in [3.05, 3.63) is 65.7 Å². The van der Waals surface area contributed by atoms with Gasteiger partial charge in [-0.25, -0.2) is 4.98 Å². The first-order chi connectivity index (χ1) is 20.8. The Bertz CT molecular complexity index is 1720. The molecular formula is C35H43N4O5+. The van der Waals surface area contributed by atoms with Gasteiger partial charge in [0.15, 0.2) is 0 Å². The minimum Gasteiger partial charge on any atom is -0.481 e. The van der Waals surface area contributed by atoms with Gasteiger partial charge < -0.3 is 25.6 Å². The van der Waals surface area contributed by atoms with Crippen molar-refractivity contribution in [3.63, 3.8) is 0 Å². The summed E-state index contributed by atoms with van der Waals surface area (Å²) in [6.07, 6.45) is 0.716. The zero-order chi connectivity index (χ0) is 31.8. The number of carboxylic acid groups (broad SMARTS) is 1. The highest BCUT2D eigenvalue weighted by Gasteiger charge is 2.45. The van der Waals surface area contributed by atoms with Crippen LogP contribution in [0.2, 0.25) is 0 Å². The van der Waals surface area contributed by atoms with Crippen molar-refractivity contribution in [3.8, 4) is 5.69 Å². The molecular weight excluding hydrogens is 556 g/mol. The molecule has 1 aromatic heterocycles. The lowest BCUT2D eigenvalue weighted by molar-refractivity contribution is -0.538. The molecule has 0 bridgehead atoms. The van der Waals surface area contributed by atoms with E-state index < -0.39 is 16.8 Å². The van der Waals surface area contributed by atoms with Gasteiger partial charge in [-0.1, -0.05) is 32.0 Å². The molecule has 4 atom stereocenters. The van der Waals surface area contributed by atoms with Gasteiger partial charge in [0, 0.05) is 35.4 Å². The maximum absolute atomic E-state index is 14.0. The second-order valence-corrected chi connectivity index (χ2v) is 12.9. The molecule has 44 heavy (non-hydrogen) atoms. The SMILES string of the molecule is CCC(C)(CC(C)(CC(C)OCC1CO1)C(=O)O)C(=O)Nc1cc2c(cc1C)nc1cc(C)c(N)cc1[n+]2-c1ccccc1. The van der Waals surface area contributed by atoms with Crippen LogP contribution in [0.15, 0.2) is 54.6 Å². The van der Waals surface area contributed by atoms with Gasteiger partial charge in [-0.05, 0) is 70.2 Å². The number of epoxide rings is 1. The summed E-state index contributed by atoms with van der Waals surface area (Å²) in [6, 6.07) is 17.8. The standard InChI is InChI=1S/C35H42N4O5/c1-7-34(5,20-35(6,33(41)42)17-23(4)43-18-25-19-44-25)32(40)38-27-16-31-29(14-22(27)3)37-28-13-21(2)26(36)15-30(28)39(31)24-11-9-8-10-12-24/h8-16,23,25H,7,17-20H2,1-6H3,(H3,36,38,40,41,42)/p+1. The van der Waals surface area contributed by atoms with E-state index in [9.17, 15) is 14.7 Å². The summed E-state index contributed by atoms with van der Waals surface area (Å²) in [6.45, 7) is 12.4. The first-order valence-electron chi connectivity index (χ1n) is 15.2. The molecule has 1 saturated heterocycles. The molecule has 9 nitrogen and oxygen atoms in total. The fourth-order valence-corrected chi connectivity index (χ4v) is 6.03. The Kier molecular flexibility index (Phi) is 8.64. The number of benzene rings is 3. The maximum atomic E-state index is 14.0. The minimum absolute atomic E-state index is 0.0978. The zero-order valence-corrected chi connectivity index (χ0v) is 26.4. The van der Waals surface area contributed by atoms with E-state index in [4.69, 9.17) is 20.2 Å².